The lowest BCUT2D eigenvalue weighted by Gasteiger charge is -2.20. The van der Waals surface area contributed by atoms with E-state index in [1.54, 1.807) is 11.0 Å². The molecule has 0 unspecified atom stereocenters. The molecule has 0 fully saturated rings. The number of carbonyl (C=O) groups is 1. The minimum absolute atomic E-state index is 0.000835. The second kappa shape index (κ2) is 5.90. The van der Waals surface area contributed by atoms with Crippen LogP contribution < -0.4 is 0 Å². The van der Waals surface area contributed by atoms with E-state index in [4.69, 9.17) is 0 Å². The van der Waals surface area contributed by atoms with Crippen molar-refractivity contribution in [3.63, 3.8) is 0 Å². The fraction of sp³-hybridized carbons (Fsp3) is 0.333. The van der Waals surface area contributed by atoms with Crippen molar-refractivity contribution < 1.29 is 9.90 Å². The SMILES string of the molecule is C=CCN(CCC)C(=O)c1cncc(O)c1. The van der Waals surface area contributed by atoms with Crippen molar-refractivity contribution >= 4 is 5.91 Å². The minimum atomic E-state index is -0.134. The van der Waals surface area contributed by atoms with Crippen LogP contribution in [0.3, 0.4) is 0 Å². The quantitative estimate of drug-likeness (QED) is 0.770. The van der Waals surface area contributed by atoms with Gasteiger partial charge in [0.25, 0.3) is 5.91 Å². The van der Waals surface area contributed by atoms with Crippen LogP contribution in [0.4, 0.5) is 0 Å². The summed E-state index contributed by atoms with van der Waals surface area (Å²) in [7, 11) is 0. The van der Waals surface area contributed by atoms with Gasteiger partial charge in [0, 0.05) is 19.3 Å². The molecule has 0 aliphatic carbocycles. The number of rotatable bonds is 5. The first-order valence-corrected chi connectivity index (χ1v) is 5.23. The Balaban J connectivity index is 2.85. The van der Waals surface area contributed by atoms with Crippen molar-refractivity contribution in [1.29, 1.82) is 0 Å². The van der Waals surface area contributed by atoms with Crippen LogP contribution in [0.2, 0.25) is 0 Å². The van der Waals surface area contributed by atoms with Crippen molar-refractivity contribution in [2.45, 2.75) is 13.3 Å². The Hall–Kier alpha value is -1.84. The lowest BCUT2D eigenvalue weighted by molar-refractivity contribution is 0.0773. The summed E-state index contributed by atoms with van der Waals surface area (Å²) >= 11 is 0. The molecule has 86 valence electrons. The molecule has 1 amide bonds. The second-order valence-corrected chi connectivity index (χ2v) is 3.47. The van der Waals surface area contributed by atoms with Gasteiger partial charge < -0.3 is 10.0 Å². The maximum atomic E-state index is 12.0. The maximum Gasteiger partial charge on any atom is 0.255 e. The van der Waals surface area contributed by atoms with Crippen molar-refractivity contribution in [3.8, 4) is 5.75 Å². The first kappa shape index (κ1) is 12.2. The van der Waals surface area contributed by atoms with Gasteiger partial charge in [0.05, 0.1) is 11.8 Å². The Morgan fingerprint density at radius 1 is 1.62 bits per heavy atom. The molecule has 1 aromatic heterocycles. The average molecular weight is 220 g/mol. The molecular formula is C12H16N2O2. The van der Waals surface area contributed by atoms with Gasteiger partial charge in [0.15, 0.2) is 0 Å². The molecule has 0 saturated carbocycles. The van der Waals surface area contributed by atoms with Crippen LogP contribution in [0.15, 0.2) is 31.1 Å². The van der Waals surface area contributed by atoms with Gasteiger partial charge in [-0.1, -0.05) is 13.0 Å². The molecule has 0 aromatic carbocycles. The van der Waals surface area contributed by atoms with Gasteiger partial charge in [0.1, 0.15) is 5.75 Å². The maximum absolute atomic E-state index is 12.0. The number of pyridine rings is 1. The van der Waals surface area contributed by atoms with Gasteiger partial charge in [-0.25, -0.2) is 0 Å². The van der Waals surface area contributed by atoms with E-state index in [9.17, 15) is 9.90 Å². The fourth-order valence-corrected chi connectivity index (χ4v) is 1.43. The van der Waals surface area contributed by atoms with E-state index < -0.39 is 0 Å². The molecule has 4 nitrogen and oxygen atoms in total. The summed E-state index contributed by atoms with van der Waals surface area (Å²) in [4.78, 5) is 17.5. The number of nitrogens with zero attached hydrogens (tertiary/aromatic N) is 2. The normalized spacial score (nSPS) is 9.81. The number of carbonyl (C=O) groups excluding carboxylic acids is 1. The van der Waals surface area contributed by atoms with Crippen LogP contribution in [0.25, 0.3) is 0 Å². The molecule has 0 aliphatic heterocycles. The first-order chi connectivity index (χ1) is 7.69. The molecule has 4 heteroatoms. The molecule has 0 saturated heterocycles. The molecule has 0 atom stereocenters. The molecule has 1 N–H and O–H groups in total. The van der Waals surface area contributed by atoms with Crippen LogP contribution in [0, 0.1) is 0 Å². The van der Waals surface area contributed by atoms with Gasteiger partial charge in [-0.2, -0.15) is 0 Å². The first-order valence-electron chi connectivity index (χ1n) is 5.23. The van der Waals surface area contributed by atoms with Crippen LogP contribution in [0.5, 0.6) is 5.75 Å². The molecule has 1 heterocycles. The Labute approximate surface area is 95.2 Å². The zero-order valence-electron chi connectivity index (χ0n) is 9.39. The highest BCUT2D eigenvalue weighted by Gasteiger charge is 2.14. The number of amides is 1. The van der Waals surface area contributed by atoms with E-state index in [0.29, 0.717) is 18.7 Å². The summed E-state index contributed by atoms with van der Waals surface area (Å²) in [6.07, 6.45) is 5.32. The molecule has 0 bridgehead atoms. The van der Waals surface area contributed by atoms with Crippen molar-refractivity contribution in [3.05, 3.63) is 36.7 Å². The summed E-state index contributed by atoms with van der Waals surface area (Å²) in [5.74, 6) is -0.133. The Morgan fingerprint density at radius 2 is 2.38 bits per heavy atom. The highest BCUT2D eigenvalue weighted by molar-refractivity contribution is 5.94. The zero-order chi connectivity index (χ0) is 12.0. The zero-order valence-corrected chi connectivity index (χ0v) is 9.39. The third-order valence-corrected chi connectivity index (χ3v) is 2.10. The van der Waals surface area contributed by atoms with Crippen molar-refractivity contribution in [2.24, 2.45) is 0 Å². The highest BCUT2D eigenvalue weighted by Crippen LogP contribution is 2.11. The van der Waals surface area contributed by atoms with E-state index in [1.165, 1.54) is 18.5 Å². The topological polar surface area (TPSA) is 53.4 Å². The summed E-state index contributed by atoms with van der Waals surface area (Å²) in [5, 5.41) is 9.25. The third-order valence-electron chi connectivity index (χ3n) is 2.10. The Kier molecular flexibility index (Phi) is 4.51. The van der Waals surface area contributed by atoms with E-state index >= 15 is 0 Å². The molecule has 0 aliphatic rings. The van der Waals surface area contributed by atoms with E-state index in [0.717, 1.165) is 6.42 Å². The van der Waals surface area contributed by atoms with Gasteiger partial charge in [0.2, 0.25) is 0 Å². The second-order valence-electron chi connectivity index (χ2n) is 3.47. The van der Waals surface area contributed by atoms with Crippen LogP contribution >= 0.6 is 0 Å². The van der Waals surface area contributed by atoms with Crippen LogP contribution in [-0.2, 0) is 0 Å². The van der Waals surface area contributed by atoms with Crippen LogP contribution in [-0.4, -0.2) is 34.0 Å². The van der Waals surface area contributed by atoms with Gasteiger partial charge in [-0.15, -0.1) is 6.58 Å². The van der Waals surface area contributed by atoms with E-state index in [-0.39, 0.29) is 11.7 Å². The largest absolute Gasteiger partial charge is 0.506 e. The predicted molar refractivity (Wildman–Crippen MR) is 62.3 cm³/mol. The Morgan fingerprint density at radius 3 is 2.94 bits per heavy atom. The van der Waals surface area contributed by atoms with Gasteiger partial charge in [-0.05, 0) is 12.5 Å². The summed E-state index contributed by atoms with van der Waals surface area (Å²) in [5.41, 5.74) is 0.398. The summed E-state index contributed by atoms with van der Waals surface area (Å²) in [6, 6.07) is 1.42. The van der Waals surface area contributed by atoms with Gasteiger partial charge >= 0.3 is 0 Å². The lowest BCUT2D eigenvalue weighted by Crippen LogP contribution is -2.31. The third kappa shape index (κ3) is 3.08. The van der Waals surface area contributed by atoms with Crippen molar-refractivity contribution in [1.82, 2.24) is 9.88 Å². The molecule has 16 heavy (non-hydrogen) atoms. The number of aromatic hydroxyl groups is 1. The summed E-state index contributed by atoms with van der Waals surface area (Å²) < 4.78 is 0. The van der Waals surface area contributed by atoms with Crippen LogP contribution in [0.1, 0.15) is 23.7 Å². The highest BCUT2D eigenvalue weighted by atomic mass is 16.3. The number of hydrogen-bond donors (Lipinski definition) is 1. The average Bonchev–Trinajstić information content (AvgIpc) is 2.28. The van der Waals surface area contributed by atoms with Gasteiger partial charge in [-0.3, -0.25) is 9.78 Å². The summed E-state index contributed by atoms with van der Waals surface area (Å²) in [6.45, 7) is 6.79. The van der Waals surface area contributed by atoms with Crippen molar-refractivity contribution in [2.75, 3.05) is 13.1 Å². The molecule has 1 rings (SSSR count). The molecule has 0 radical (unpaired) electrons. The van der Waals surface area contributed by atoms with E-state index in [1.807, 2.05) is 6.92 Å². The smallest absolute Gasteiger partial charge is 0.255 e. The minimum Gasteiger partial charge on any atom is -0.506 e. The standard InChI is InChI=1S/C12H16N2O2/c1-3-5-14(6-4-2)12(16)10-7-11(15)9-13-8-10/h3,7-9,15H,1,4-6H2,2H3. The predicted octanol–water partition coefficient (Wildman–Crippen LogP) is 1.83. The fourth-order valence-electron chi connectivity index (χ4n) is 1.43. The number of aromatic nitrogens is 1. The molecular weight excluding hydrogens is 204 g/mol. The lowest BCUT2D eigenvalue weighted by atomic mass is 10.2. The molecule has 1 aromatic rings. The monoisotopic (exact) mass is 220 g/mol. The molecule has 0 spiro atoms. The van der Waals surface area contributed by atoms with E-state index in [2.05, 4.69) is 11.6 Å². The number of hydrogen-bond acceptors (Lipinski definition) is 3. The Bertz CT molecular complexity index is 377.